The smallest absolute Gasteiger partial charge is 0.137 e. The number of rotatable bonds is 2. The molecule has 2 aromatic rings. The minimum absolute atomic E-state index is 0.0308. The summed E-state index contributed by atoms with van der Waals surface area (Å²) < 4.78 is 0. The van der Waals surface area contributed by atoms with Crippen LogP contribution >= 0.6 is 23.2 Å². The molecule has 0 spiro atoms. The summed E-state index contributed by atoms with van der Waals surface area (Å²) in [4.78, 5) is 0. The predicted octanol–water partition coefficient (Wildman–Crippen LogP) is 4.52. The number of halogens is 2. The Kier molecular flexibility index (Phi) is 4.30. The van der Waals surface area contributed by atoms with Gasteiger partial charge in [0.2, 0.25) is 0 Å². The van der Waals surface area contributed by atoms with Crippen molar-refractivity contribution < 1.29 is 10.2 Å². The third-order valence-corrected chi connectivity index (χ3v) is 4.32. The summed E-state index contributed by atoms with van der Waals surface area (Å²) in [7, 11) is 0. The second-order valence-electron chi connectivity index (χ2n) is 5.27. The van der Waals surface area contributed by atoms with E-state index in [1.807, 2.05) is 24.3 Å². The van der Waals surface area contributed by atoms with Crippen LogP contribution in [-0.2, 0) is 0 Å². The van der Waals surface area contributed by atoms with Crippen molar-refractivity contribution in [1.82, 2.24) is 5.32 Å². The van der Waals surface area contributed by atoms with E-state index < -0.39 is 0 Å². The molecule has 1 aliphatic heterocycles. The van der Waals surface area contributed by atoms with E-state index in [1.54, 1.807) is 6.07 Å². The molecule has 3 rings (SSSR count). The summed E-state index contributed by atoms with van der Waals surface area (Å²) >= 11 is 11.9. The highest BCUT2D eigenvalue weighted by Crippen LogP contribution is 2.39. The maximum absolute atomic E-state index is 10.1. The van der Waals surface area contributed by atoms with E-state index in [0.717, 1.165) is 24.1 Å². The van der Waals surface area contributed by atoms with Gasteiger partial charge in [-0.25, -0.2) is 0 Å². The number of hydrogen-bond donors (Lipinski definition) is 3. The second-order valence-corrected chi connectivity index (χ2v) is 6.11. The first-order valence-electron chi connectivity index (χ1n) is 6.95. The molecule has 0 amide bonds. The van der Waals surface area contributed by atoms with Crippen molar-refractivity contribution in [3.8, 4) is 11.5 Å². The summed E-state index contributed by atoms with van der Waals surface area (Å²) in [5.74, 6) is -0.0903. The van der Waals surface area contributed by atoms with E-state index in [4.69, 9.17) is 23.2 Å². The number of phenolic OH excluding ortho intramolecular Hbond substituents is 2. The zero-order chi connectivity index (χ0) is 15.7. The maximum Gasteiger partial charge on any atom is 0.137 e. The van der Waals surface area contributed by atoms with Gasteiger partial charge in [0, 0.05) is 16.7 Å². The van der Waals surface area contributed by atoms with Crippen LogP contribution in [0.1, 0.15) is 23.6 Å². The molecule has 5 heteroatoms. The Labute approximate surface area is 138 Å². The summed E-state index contributed by atoms with van der Waals surface area (Å²) in [5, 5.41) is 23.9. The van der Waals surface area contributed by atoms with Gasteiger partial charge in [0.25, 0.3) is 0 Å². The Balaban J connectivity index is 1.96. The van der Waals surface area contributed by atoms with Crippen molar-refractivity contribution in [1.29, 1.82) is 0 Å². The Bertz CT molecular complexity index is 726. The molecule has 1 saturated heterocycles. The van der Waals surface area contributed by atoms with E-state index in [-0.39, 0.29) is 22.6 Å². The number of hydrogen-bond acceptors (Lipinski definition) is 3. The molecule has 3 nitrogen and oxygen atoms in total. The summed E-state index contributed by atoms with van der Waals surface area (Å²) in [5.41, 5.74) is 2.87. The molecule has 0 radical (unpaired) electrons. The Morgan fingerprint density at radius 2 is 1.77 bits per heavy atom. The van der Waals surface area contributed by atoms with Crippen molar-refractivity contribution in [2.24, 2.45) is 0 Å². The van der Waals surface area contributed by atoms with Crippen LogP contribution in [0.2, 0.25) is 10.0 Å². The van der Waals surface area contributed by atoms with Crippen molar-refractivity contribution in [2.75, 3.05) is 6.54 Å². The van der Waals surface area contributed by atoms with Gasteiger partial charge in [-0.3, -0.25) is 0 Å². The molecule has 3 N–H and O–H groups in total. The van der Waals surface area contributed by atoms with E-state index in [2.05, 4.69) is 11.4 Å². The molecule has 114 valence electrons. The van der Waals surface area contributed by atoms with E-state index >= 15 is 0 Å². The first-order chi connectivity index (χ1) is 10.5. The lowest BCUT2D eigenvalue weighted by Crippen LogP contribution is -2.14. The number of nitrogens with one attached hydrogen (secondary N) is 1. The van der Waals surface area contributed by atoms with Crippen LogP contribution < -0.4 is 5.32 Å². The third kappa shape index (κ3) is 3.07. The molecule has 2 aromatic carbocycles. The molecule has 0 aliphatic carbocycles. The standard InChI is InChI=1S/C17H15Cl2NO2/c18-12-3-1-10(2-4-12)7-11-5-6-20-17(11)13-8-14(19)16(22)9-15(13)21/h1-4,7-9,17,20-22H,5-6H2/b11-7+. The van der Waals surface area contributed by atoms with Crippen LogP contribution in [0.5, 0.6) is 11.5 Å². The zero-order valence-electron chi connectivity index (χ0n) is 11.7. The van der Waals surface area contributed by atoms with Crippen molar-refractivity contribution in [3.63, 3.8) is 0 Å². The SMILES string of the molecule is Oc1cc(O)c(C2NCC/C2=C\c2ccc(Cl)cc2)cc1Cl. The fraction of sp³-hybridized carbons (Fsp3) is 0.176. The van der Waals surface area contributed by atoms with Gasteiger partial charge in [0.05, 0.1) is 11.1 Å². The lowest BCUT2D eigenvalue weighted by Gasteiger charge is -2.16. The molecule has 0 aromatic heterocycles. The van der Waals surface area contributed by atoms with Crippen LogP contribution in [0.15, 0.2) is 42.0 Å². The fourth-order valence-corrected chi connectivity index (χ4v) is 2.97. The van der Waals surface area contributed by atoms with E-state index in [1.165, 1.54) is 6.07 Å². The Morgan fingerprint density at radius 3 is 2.50 bits per heavy atom. The minimum Gasteiger partial charge on any atom is -0.507 e. The molecule has 22 heavy (non-hydrogen) atoms. The molecule has 0 bridgehead atoms. The van der Waals surface area contributed by atoms with Gasteiger partial charge in [-0.1, -0.05) is 41.4 Å². The van der Waals surface area contributed by atoms with Gasteiger partial charge in [-0.05, 0) is 42.3 Å². The molecule has 1 unspecified atom stereocenters. The average molecular weight is 336 g/mol. The first kappa shape index (κ1) is 15.2. The summed E-state index contributed by atoms with van der Waals surface area (Å²) in [6.45, 7) is 0.821. The molecule has 0 saturated carbocycles. The number of benzene rings is 2. The highest BCUT2D eigenvalue weighted by atomic mass is 35.5. The molecule has 1 heterocycles. The molecule has 1 fully saturated rings. The largest absolute Gasteiger partial charge is 0.507 e. The highest BCUT2D eigenvalue weighted by molar-refractivity contribution is 6.32. The van der Waals surface area contributed by atoms with Gasteiger partial charge in [0.1, 0.15) is 11.5 Å². The van der Waals surface area contributed by atoms with Gasteiger partial charge < -0.3 is 15.5 Å². The monoisotopic (exact) mass is 335 g/mol. The quantitative estimate of drug-likeness (QED) is 0.756. The summed E-state index contributed by atoms with van der Waals surface area (Å²) in [6.07, 6.45) is 2.96. The summed E-state index contributed by atoms with van der Waals surface area (Å²) in [6, 6.07) is 10.4. The van der Waals surface area contributed by atoms with Crippen molar-refractivity contribution >= 4 is 29.3 Å². The van der Waals surface area contributed by atoms with Crippen LogP contribution in [0, 0.1) is 0 Å². The third-order valence-electron chi connectivity index (χ3n) is 3.76. The molecule has 1 aliphatic rings. The minimum atomic E-state index is -0.121. The Morgan fingerprint density at radius 1 is 1.05 bits per heavy atom. The van der Waals surface area contributed by atoms with Crippen LogP contribution in [0.3, 0.4) is 0 Å². The fourth-order valence-electron chi connectivity index (χ4n) is 2.67. The van der Waals surface area contributed by atoms with Crippen molar-refractivity contribution in [2.45, 2.75) is 12.5 Å². The number of aromatic hydroxyl groups is 2. The second kappa shape index (κ2) is 6.21. The lowest BCUT2D eigenvalue weighted by molar-refractivity contribution is 0.442. The molecular formula is C17H15Cl2NO2. The van der Waals surface area contributed by atoms with Gasteiger partial charge >= 0.3 is 0 Å². The van der Waals surface area contributed by atoms with Crippen LogP contribution in [0.4, 0.5) is 0 Å². The first-order valence-corrected chi connectivity index (χ1v) is 7.71. The highest BCUT2D eigenvalue weighted by Gasteiger charge is 2.25. The number of phenols is 2. The predicted molar refractivity (Wildman–Crippen MR) is 89.6 cm³/mol. The molecular weight excluding hydrogens is 321 g/mol. The van der Waals surface area contributed by atoms with Gasteiger partial charge in [-0.2, -0.15) is 0 Å². The topological polar surface area (TPSA) is 52.5 Å². The van der Waals surface area contributed by atoms with Crippen LogP contribution in [-0.4, -0.2) is 16.8 Å². The molecule has 1 atom stereocenters. The zero-order valence-corrected chi connectivity index (χ0v) is 13.2. The van der Waals surface area contributed by atoms with E-state index in [0.29, 0.717) is 10.6 Å². The van der Waals surface area contributed by atoms with E-state index in [9.17, 15) is 10.2 Å². The lowest BCUT2D eigenvalue weighted by atomic mass is 9.97. The van der Waals surface area contributed by atoms with Crippen LogP contribution in [0.25, 0.3) is 6.08 Å². The van der Waals surface area contributed by atoms with Gasteiger partial charge in [-0.15, -0.1) is 0 Å². The Hall–Kier alpha value is -1.68. The maximum atomic E-state index is 10.1. The average Bonchev–Trinajstić information content (AvgIpc) is 2.93. The van der Waals surface area contributed by atoms with Crippen molar-refractivity contribution in [3.05, 3.63) is 63.1 Å². The normalized spacial score (nSPS) is 19.7. The van der Waals surface area contributed by atoms with Gasteiger partial charge in [0.15, 0.2) is 0 Å².